The average molecular weight is 447 g/mol. The summed E-state index contributed by atoms with van der Waals surface area (Å²) < 4.78 is 5.03. The molecule has 9 nitrogen and oxygen atoms in total. The Labute approximate surface area is 179 Å². The van der Waals surface area contributed by atoms with E-state index in [2.05, 4.69) is 5.16 Å². The van der Waals surface area contributed by atoms with Crippen LogP contribution in [0.25, 0.3) is 11.3 Å². The van der Waals surface area contributed by atoms with Crippen molar-refractivity contribution in [2.24, 2.45) is 0 Å². The highest BCUT2D eigenvalue weighted by Crippen LogP contribution is 2.27. The molecule has 0 unspecified atom stereocenters. The van der Waals surface area contributed by atoms with Crippen LogP contribution in [0.3, 0.4) is 0 Å². The van der Waals surface area contributed by atoms with Gasteiger partial charge >= 0.3 is 5.00 Å². The molecule has 0 spiro atoms. The molecule has 4 rings (SSSR count). The number of carbonyl (C=O) groups is 2. The third-order valence-electron chi connectivity index (χ3n) is 4.75. The van der Waals surface area contributed by atoms with E-state index < -0.39 is 4.92 Å². The van der Waals surface area contributed by atoms with E-state index in [0.717, 1.165) is 11.3 Å². The molecule has 1 aliphatic heterocycles. The summed E-state index contributed by atoms with van der Waals surface area (Å²) in [5.41, 5.74) is 1.48. The van der Waals surface area contributed by atoms with E-state index in [1.54, 1.807) is 34.1 Å². The molecular formula is C19H15ClN4O5S. The Bertz CT molecular complexity index is 1100. The number of thiophene rings is 1. The van der Waals surface area contributed by atoms with E-state index in [1.807, 2.05) is 0 Å². The highest BCUT2D eigenvalue weighted by molar-refractivity contribution is 7.17. The van der Waals surface area contributed by atoms with E-state index in [0.29, 0.717) is 52.9 Å². The molecule has 1 fully saturated rings. The minimum atomic E-state index is -0.519. The van der Waals surface area contributed by atoms with Crippen molar-refractivity contribution in [1.29, 1.82) is 0 Å². The zero-order chi connectivity index (χ0) is 21.3. The number of nitrogens with zero attached hydrogens (tertiary/aromatic N) is 4. The zero-order valence-corrected chi connectivity index (χ0v) is 17.1. The molecule has 0 bridgehead atoms. The summed E-state index contributed by atoms with van der Waals surface area (Å²) >= 11 is 6.76. The topological polar surface area (TPSA) is 110 Å². The van der Waals surface area contributed by atoms with E-state index in [-0.39, 0.29) is 16.8 Å². The second-order valence-corrected chi connectivity index (χ2v) is 8.06. The largest absolute Gasteiger partial charge is 0.363 e. The number of hydrogen-bond acceptors (Lipinski definition) is 7. The van der Waals surface area contributed by atoms with Gasteiger partial charge in [-0.15, -0.1) is 0 Å². The van der Waals surface area contributed by atoms with Crippen molar-refractivity contribution in [1.82, 2.24) is 15.0 Å². The van der Waals surface area contributed by atoms with Crippen molar-refractivity contribution in [2.75, 3.05) is 26.2 Å². The van der Waals surface area contributed by atoms with Crippen LogP contribution >= 0.6 is 22.9 Å². The van der Waals surface area contributed by atoms with Gasteiger partial charge in [0.15, 0.2) is 0 Å². The number of hydrogen-bond donors (Lipinski definition) is 0. The van der Waals surface area contributed by atoms with Crippen molar-refractivity contribution in [3.05, 3.63) is 68.2 Å². The van der Waals surface area contributed by atoms with Crippen LogP contribution in [-0.2, 0) is 0 Å². The lowest BCUT2D eigenvalue weighted by Gasteiger charge is -2.34. The summed E-state index contributed by atoms with van der Waals surface area (Å²) in [4.78, 5) is 39.4. The molecule has 0 saturated carbocycles. The predicted octanol–water partition coefficient (Wildman–Crippen LogP) is 3.56. The van der Waals surface area contributed by atoms with Crippen LogP contribution in [0.5, 0.6) is 0 Å². The Morgan fingerprint density at radius 3 is 2.27 bits per heavy atom. The van der Waals surface area contributed by atoms with Crippen LogP contribution in [0.1, 0.15) is 20.0 Å². The molecule has 1 aliphatic rings. The van der Waals surface area contributed by atoms with Crippen molar-refractivity contribution in [3.8, 4) is 11.3 Å². The molecule has 3 aromatic rings. The van der Waals surface area contributed by atoms with Gasteiger partial charge in [0, 0.05) is 42.8 Å². The lowest BCUT2D eigenvalue weighted by atomic mass is 10.1. The van der Waals surface area contributed by atoms with E-state index in [9.17, 15) is 19.7 Å². The van der Waals surface area contributed by atoms with Gasteiger partial charge in [0.2, 0.25) is 0 Å². The number of halogens is 1. The molecule has 1 saturated heterocycles. The van der Waals surface area contributed by atoms with Gasteiger partial charge in [0.1, 0.15) is 17.5 Å². The monoisotopic (exact) mass is 446 g/mol. The summed E-state index contributed by atoms with van der Waals surface area (Å²) in [5, 5.41) is 15.3. The third-order valence-corrected chi connectivity index (χ3v) is 6.03. The summed E-state index contributed by atoms with van der Waals surface area (Å²) in [6.45, 7) is 1.34. The van der Waals surface area contributed by atoms with Gasteiger partial charge < -0.3 is 14.3 Å². The molecule has 0 aliphatic carbocycles. The first-order chi connectivity index (χ1) is 14.4. The summed E-state index contributed by atoms with van der Waals surface area (Å²) in [5.74, 6) is -0.507. The van der Waals surface area contributed by atoms with Crippen molar-refractivity contribution in [2.45, 2.75) is 0 Å². The van der Waals surface area contributed by atoms with E-state index >= 15 is 0 Å². The second-order valence-electron chi connectivity index (χ2n) is 6.56. The van der Waals surface area contributed by atoms with Crippen LogP contribution in [0.2, 0.25) is 5.02 Å². The summed E-state index contributed by atoms with van der Waals surface area (Å²) in [6, 6.07) is 9.71. The first-order valence-electron chi connectivity index (χ1n) is 8.97. The lowest BCUT2D eigenvalue weighted by Crippen LogP contribution is -2.50. The molecule has 30 heavy (non-hydrogen) atoms. The number of benzene rings is 1. The molecule has 1 aromatic carbocycles. The number of carbonyl (C=O) groups excluding carboxylic acids is 2. The number of nitro groups is 1. The summed E-state index contributed by atoms with van der Waals surface area (Å²) in [6.07, 6.45) is 1.31. The molecule has 0 radical (unpaired) electrons. The van der Waals surface area contributed by atoms with Crippen LogP contribution < -0.4 is 0 Å². The molecule has 2 amide bonds. The van der Waals surface area contributed by atoms with Crippen molar-refractivity contribution >= 4 is 39.8 Å². The van der Waals surface area contributed by atoms with Gasteiger partial charge in [-0.2, -0.15) is 0 Å². The standard InChI is InChI=1S/C19H15ClN4O5S/c20-13-3-1-12(2-4-13)17-14(11-29-21-17)18(25)22-7-9-23(10-8-22)19(26)15-5-6-16(30-15)24(27)28/h1-6,11H,7-10H2. The zero-order valence-electron chi connectivity index (χ0n) is 15.5. The van der Waals surface area contributed by atoms with Gasteiger partial charge in [0.25, 0.3) is 11.8 Å². The molecule has 0 N–H and O–H groups in total. The minimum Gasteiger partial charge on any atom is -0.363 e. The van der Waals surface area contributed by atoms with Crippen molar-refractivity contribution in [3.63, 3.8) is 0 Å². The fourth-order valence-electron chi connectivity index (χ4n) is 3.18. The third kappa shape index (κ3) is 3.91. The van der Waals surface area contributed by atoms with Gasteiger partial charge in [-0.25, -0.2) is 0 Å². The average Bonchev–Trinajstić information content (AvgIpc) is 3.43. The maximum absolute atomic E-state index is 13.0. The Morgan fingerprint density at radius 1 is 1.03 bits per heavy atom. The molecular weight excluding hydrogens is 432 g/mol. The van der Waals surface area contributed by atoms with Gasteiger partial charge in [-0.1, -0.05) is 40.2 Å². The number of aromatic nitrogens is 1. The Morgan fingerprint density at radius 2 is 1.67 bits per heavy atom. The van der Waals surface area contributed by atoms with Crippen LogP contribution in [0.4, 0.5) is 5.00 Å². The first kappa shape index (κ1) is 20.0. The molecule has 154 valence electrons. The summed E-state index contributed by atoms with van der Waals surface area (Å²) in [7, 11) is 0. The Balaban J connectivity index is 1.43. The smallest absolute Gasteiger partial charge is 0.324 e. The SMILES string of the molecule is O=C(c1ccc([N+](=O)[O-])s1)N1CCN(C(=O)c2conc2-c2ccc(Cl)cc2)CC1. The maximum Gasteiger partial charge on any atom is 0.324 e. The highest BCUT2D eigenvalue weighted by Gasteiger charge is 2.29. The molecule has 3 heterocycles. The predicted molar refractivity (Wildman–Crippen MR) is 110 cm³/mol. The number of rotatable bonds is 4. The first-order valence-corrected chi connectivity index (χ1v) is 10.2. The highest BCUT2D eigenvalue weighted by atomic mass is 35.5. The fourth-order valence-corrected chi connectivity index (χ4v) is 4.10. The molecule has 0 atom stereocenters. The number of amides is 2. The van der Waals surface area contributed by atoms with E-state index in [4.69, 9.17) is 16.1 Å². The van der Waals surface area contributed by atoms with Gasteiger partial charge in [0.05, 0.1) is 9.80 Å². The van der Waals surface area contributed by atoms with Crippen molar-refractivity contribution < 1.29 is 19.0 Å². The normalized spacial score (nSPS) is 14.0. The fraction of sp³-hybridized carbons (Fsp3) is 0.211. The quantitative estimate of drug-likeness (QED) is 0.447. The minimum absolute atomic E-state index is 0.0747. The maximum atomic E-state index is 13.0. The Hall–Kier alpha value is -3.24. The molecule has 2 aromatic heterocycles. The van der Waals surface area contributed by atoms with Crippen LogP contribution in [-0.4, -0.2) is 57.9 Å². The molecule has 11 heteroatoms. The Kier molecular flexibility index (Phi) is 5.51. The van der Waals surface area contributed by atoms with Crippen LogP contribution in [0.15, 0.2) is 47.2 Å². The van der Waals surface area contributed by atoms with Gasteiger partial charge in [-0.3, -0.25) is 19.7 Å². The van der Waals surface area contributed by atoms with Gasteiger partial charge in [-0.05, 0) is 18.2 Å². The van der Waals surface area contributed by atoms with Crippen LogP contribution in [0, 0.1) is 10.1 Å². The second kappa shape index (κ2) is 8.25. The number of piperazine rings is 1. The van der Waals surface area contributed by atoms with E-state index in [1.165, 1.54) is 18.4 Å². The lowest BCUT2D eigenvalue weighted by molar-refractivity contribution is -0.380.